The molecule has 0 aliphatic rings. The van der Waals surface area contributed by atoms with E-state index < -0.39 is 4.92 Å². The summed E-state index contributed by atoms with van der Waals surface area (Å²) in [6.07, 6.45) is 0. The minimum absolute atomic E-state index is 0.0403. The maximum absolute atomic E-state index is 10.5. The lowest BCUT2D eigenvalue weighted by Gasteiger charge is -2.05. The van der Waals surface area contributed by atoms with E-state index in [1.54, 1.807) is 6.07 Å². The quantitative estimate of drug-likeness (QED) is 0.367. The number of benzene rings is 1. The van der Waals surface area contributed by atoms with Crippen LogP contribution in [0.15, 0.2) is 27.6 Å². The Labute approximate surface area is 111 Å². The molecule has 1 rings (SSSR count). The molecule has 16 heavy (non-hydrogen) atoms. The van der Waals surface area contributed by atoms with Crippen LogP contribution < -0.4 is 0 Å². The van der Waals surface area contributed by atoms with Gasteiger partial charge >= 0.3 is 0 Å². The van der Waals surface area contributed by atoms with E-state index in [4.69, 9.17) is 17.0 Å². The summed E-state index contributed by atoms with van der Waals surface area (Å²) in [5.74, 6) is 0. The molecule has 86 valence electrons. The lowest BCUT2D eigenvalue weighted by atomic mass is 10.3. The number of thioether (sulfide) groups is 1. The van der Waals surface area contributed by atoms with Gasteiger partial charge in [-0.15, -0.1) is 0 Å². The van der Waals surface area contributed by atoms with Crippen LogP contribution in [0.5, 0.6) is 0 Å². The number of ether oxygens (including phenoxy) is 1. The summed E-state index contributed by atoms with van der Waals surface area (Å²) < 4.78 is 6.15. The summed E-state index contributed by atoms with van der Waals surface area (Å²) in [6, 6.07) is 4.51. The van der Waals surface area contributed by atoms with Gasteiger partial charge in [-0.1, -0.05) is 0 Å². The van der Waals surface area contributed by atoms with Crippen molar-refractivity contribution in [3.8, 4) is 0 Å². The van der Waals surface area contributed by atoms with Crippen molar-refractivity contribution in [1.82, 2.24) is 0 Å². The number of rotatable bonds is 3. The summed E-state index contributed by atoms with van der Waals surface area (Å²) in [7, 11) is 0. The lowest BCUT2D eigenvalue weighted by Crippen LogP contribution is -1.96. The maximum Gasteiger partial charge on any atom is 0.270 e. The number of nitro benzene ring substituents is 1. The fourth-order valence-corrected chi connectivity index (χ4v) is 2.57. The highest BCUT2D eigenvalue weighted by Gasteiger charge is 2.11. The van der Waals surface area contributed by atoms with Crippen molar-refractivity contribution < 1.29 is 9.66 Å². The van der Waals surface area contributed by atoms with Crippen LogP contribution in [0.25, 0.3) is 0 Å². The molecule has 0 amide bonds. The molecular weight excluding hydrogens is 314 g/mol. The normalized spacial score (nSPS) is 9.88. The highest BCUT2D eigenvalue weighted by molar-refractivity contribution is 9.10. The van der Waals surface area contributed by atoms with Gasteiger partial charge in [0.25, 0.3) is 5.69 Å². The average molecular weight is 322 g/mol. The van der Waals surface area contributed by atoms with Crippen LogP contribution in [0, 0.1) is 10.1 Å². The van der Waals surface area contributed by atoms with E-state index in [1.807, 2.05) is 6.92 Å². The lowest BCUT2D eigenvalue weighted by molar-refractivity contribution is -0.385. The Morgan fingerprint density at radius 2 is 2.38 bits per heavy atom. The minimum Gasteiger partial charge on any atom is -0.479 e. The molecule has 0 saturated carbocycles. The third-order valence-corrected chi connectivity index (χ3v) is 3.73. The Kier molecular flexibility index (Phi) is 5.17. The molecule has 0 N–H and O–H groups in total. The van der Waals surface area contributed by atoms with E-state index in [1.165, 1.54) is 23.9 Å². The second-order valence-electron chi connectivity index (χ2n) is 2.66. The summed E-state index contributed by atoms with van der Waals surface area (Å²) in [5, 5.41) is 10.5. The van der Waals surface area contributed by atoms with Crippen molar-refractivity contribution in [2.24, 2.45) is 0 Å². The van der Waals surface area contributed by atoms with E-state index >= 15 is 0 Å². The Morgan fingerprint density at radius 1 is 1.69 bits per heavy atom. The minimum atomic E-state index is -0.444. The first-order chi connectivity index (χ1) is 7.54. The third-order valence-electron chi connectivity index (χ3n) is 1.58. The van der Waals surface area contributed by atoms with Gasteiger partial charge in [-0.25, -0.2) is 0 Å². The van der Waals surface area contributed by atoms with E-state index in [-0.39, 0.29) is 5.69 Å². The Hall–Kier alpha value is -0.660. The van der Waals surface area contributed by atoms with Crippen molar-refractivity contribution in [1.29, 1.82) is 0 Å². The maximum atomic E-state index is 10.5. The SMILES string of the molecule is CCOC(=S)Sc1ccc([N+](=O)[O-])cc1Br. The molecule has 0 heterocycles. The number of nitrogens with zero attached hydrogens (tertiary/aromatic N) is 1. The zero-order valence-corrected chi connectivity index (χ0v) is 11.5. The zero-order valence-electron chi connectivity index (χ0n) is 8.31. The second kappa shape index (κ2) is 6.17. The second-order valence-corrected chi connectivity index (χ2v) is 5.16. The molecule has 0 saturated heterocycles. The van der Waals surface area contributed by atoms with Gasteiger partial charge in [0.2, 0.25) is 4.38 Å². The predicted molar refractivity (Wildman–Crippen MR) is 70.9 cm³/mol. The molecule has 0 radical (unpaired) electrons. The molecule has 1 aromatic rings. The van der Waals surface area contributed by atoms with Crippen molar-refractivity contribution >= 4 is 50.0 Å². The van der Waals surface area contributed by atoms with E-state index in [9.17, 15) is 10.1 Å². The number of non-ortho nitro benzene ring substituents is 1. The van der Waals surface area contributed by atoms with Crippen LogP contribution in [-0.2, 0) is 4.74 Å². The zero-order chi connectivity index (χ0) is 12.1. The first-order valence-electron chi connectivity index (χ1n) is 4.33. The number of hydrogen-bond acceptors (Lipinski definition) is 5. The molecule has 0 aromatic heterocycles. The molecular formula is C9H8BrNO3S2. The van der Waals surface area contributed by atoms with Gasteiger partial charge < -0.3 is 4.74 Å². The molecule has 0 aliphatic heterocycles. The van der Waals surface area contributed by atoms with Crippen molar-refractivity contribution in [3.05, 3.63) is 32.8 Å². The smallest absolute Gasteiger partial charge is 0.270 e. The number of halogens is 1. The van der Waals surface area contributed by atoms with E-state index in [0.717, 1.165) is 4.90 Å². The summed E-state index contributed by atoms with van der Waals surface area (Å²) in [5.41, 5.74) is 0.0403. The van der Waals surface area contributed by atoms with Crippen LogP contribution in [0.4, 0.5) is 5.69 Å². The summed E-state index contributed by atoms with van der Waals surface area (Å²) in [6.45, 7) is 2.36. The molecule has 4 nitrogen and oxygen atoms in total. The molecule has 0 bridgehead atoms. The molecule has 0 unspecified atom stereocenters. The summed E-state index contributed by atoms with van der Waals surface area (Å²) >= 11 is 9.47. The molecule has 0 atom stereocenters. The number of thiocarbonyl (C=S) groups is 1. The van der Waals surface area contributed by atoms with Gasteiger partial charge in [-0.3, -0.25) is 10.1 Å². The Morgan fingerprint density at radius 3 is 2.88 bits per heavy atom. The summed E-state index contributed by atoms with van der Waals surface area (Å²) in [4.78, 5) is 10.9. The molecule has 0 aliphatic carbocycles. The van der Waals surface area contributed by atoms with Crippen LogP contribution in [-0.4, -0.2) is 15.9 Å². The predicted octanol–water partition coefficient (Wildman–Crippen LogP) is 3.77. The fraction of sp³-hybridized carbons (Fsp3) is 0.222. The standard InChI is InChI=1S/C9H8BrNO3S2/c1-2-14-9(15)16-8-4-3-6(11(12)13)5-7(8)10/h3-5H,2H2,1H3. The van der Waals surface area contributed by atoms with Gasteiger partial charge in [0.15, 0.2) is 0 Å². The van der Waals surface area contributed by atoms with Crippen LogP contribution >= 0.6 is 39.9 Å². The fourth-order valence-electron chi connectivity index (χ4n) is 0.923. The first kappa shape index (κ1) is 13.4. The number of hydrogen-bond donors (Lipinski definition) is 0. The third kappa shape index (κ3) is 3.73. The first-order valence-corrected chi connectivity index (χ1v) is 6.35. The van der Waals surface area contributed by atoms with Crippen LogP contribution in [0.3, 0.4) is 0 Å². The topological polar surface area (TPSA) is 52.4 Å². The van der Waals surface area contributed by atoms with Crippen LogP contribution in [0.1, 0.15) is 6.92 Å². The molecule has 0 fully saturated rings. The number of nitro groups is 1. The highest BCUT2D eigenvalue weighted by atomic mass is 79.9. The largest absolute Gasteiger partial charge is 0.479 e. The van der Waals surface area contributed by atoms with Gasteiger partial charge in [0.05, 0.1) is 11.5 Å². The molecule has 1 aromatic carbocycles. The van der Waals surface area contributed by atoms with E-state index in [0.29, 0.717) is 15.5 Å². The Balaban J connectivity index is 2.83. The molecule has 0 spiro atoms. The van der Waals surface area contributed by atoms with Crippen molar-refractivity contribution in [2.75, 3.05) is 6.61 Å². The van der Waals surface area contributed by atoms with Gasteiger partial charge in [-0.05, 0) is 52.9 Å². The van der Waals surface area contributed by atoms with Crippen molar-refractivity contribution in [2.45, 2.75) is 11.8 Å². The van der Waals surface area contributed by atoms with E-state index in [2.05, 4.69) is 15.9 Å². The van der Waals surface area contributed by atoms with Crippen LogP contribution in [0.2, 0.25) is 0 Å². The van der Waals surface area contributed by atoms with Gasteiger partial charge in [0.1, 0.15) is 0 Å². The Bertz CT molecular complexity index is 425. The highest BCUT2D eigenvalue weighted by Crippen LogP contribution is 2.31. The average Bonchev–Trinajstić information content (AvgIpc) is 2.21. The van der Waals surface area contributed by atoms with Gasteiger partial charge in [0, 0.05) is 21.5 Å². The van der Waals surface area contributed by atoms with Gasteiger partial charge in [-0.2, -0.15) is 0 Å². The monoisotopic (exact) mass is 321 g/mol. The van der Waals surface area contributed by atoms with Crippen molar-refractivity contribution in [3.63, 3.8) is 0 Å². The molecule has 7 heteroatoms.